The van der Waals surface area contributed by atoms with Gasteiger partial charge in [0.15, 0.2) is 6.10 Å². The number of aliphatic hydroxyl groups excluding tert-OH is 2. The van der Waals surface area contributed by atoms with E-state index in [1.165, 1.54) is 77.0 Å². The van der Waals surface area contributed by atoms with Crippen LogP contribution in [0.25, 0.3) is 0 Å². The lowest BCUT2D eigenvalue weighted by molar-refractivity contribution is -0.161. The van der Waals surface area contributed by atoms with Gasteiger partial charge in [-0.05, 0) is 154 Å². The molecule has 0 spiro atoms. The fraction of sp³-hybridized carbons (Fsp3) is 0.621. The first-order valence-corrected chi connectivity index (χ1v) is 43.1. The van der Waals surface area contributed by atoms with Gasteiger partial charge in [-0.1, -0.05) is 299 Å². The first-order valence-electron chi connectivity index (χ1n) is 40.1. The van der Waals surface area contributed by atoms with E-state index in [-0.39, 0.29) is 19.3 Å². The van der Waals surface area contributed by atoms with Gasteiger partial charge in [-0.15, -0.1) is 0 Å². The number of carbonyl (C=O) groups excluding carboxylic acids is 3. The summed E-state index contributed by atoms with van der Waals surface area (Å²) in [5, 5.41) is 20.7. The summed E-state index contributed by atoms with van der Waals surface area (Å²) in [6.07, 6.45) is 101. The van der Waals surface area contributed by atoms with Crippen molar-refractivity contribution in [3.05, 3.63) is 182 Å². The van der Waals surface area contributed by atoms with Crippen molar-refractivity contribution in [1.82, 2.24) is 0 Å². The van der Waals surface area contributed by atoms with E-state index >= 15 is 0 Å². The Kier molecular flexibility index (Phi) is 74.3. The van der Waals surface area contributed by atoms with Crippen molar-refractivity contribution < 1.29 is 75.8 Å². The summed E-state index contributed by atoms with van der Waals surface area (Å²) < 4.78 is 61.1. The SMILES string of the molecule is CC/C=C\C/C=C\C/C=C\C/C=C\C/C=C\C/C=C\CCCCC(=O)OCC(COP(=O)(O)OCC(O)COP(=O)(O)OCC(O)COC(=O)CCCCCCCCCCCCCCCCC/C=C\C/C=C\C/C=C\C/C=C\C/C=C\CC)OC(=O)CCCCCC/C=C\C/C=C\C/C=C\C/C=C\CC. The number of hydrogen-bond acceptors (Lipinski definition) is 14. The fourth-order valence-corrected chi connectivity index (χ4v) is 11.7. The second-order valence-corrected chi connectivity index (χ2v) is 29.0. The maximum atomic E-state index is 13.0. The smallest absolute Gasteiger partial charge is 0.463 e. The van der Waals surface area contributed by atoms with Crippen LogP contribution < -0.4 is 0 Å². The molecule has 4 N–H and O–H groups in total. The van der Waals surface area contributed by atoms with Crippen molar-refractivity contribution in [3.63, 3.8) is 0 Å². The van der Waals surface area contributed by atoms with E-state index < -0.39 is 91.5 Å². The van der Waals surface area contributed by atoms with Crippen LogP contribution in [-0.2, 0) is 55.8 Å². The largest absolute Gasteiger partial charge is 0.472 e. The van der Waals surface area contributed by atoms with E-state index in [1.54, 1.807) is 0 Å². The van der Waals surface area contributed by atoms with Crippen molar-refractivity contribution >= 4 is 33.6 Å². The second kappa shape index (κ2) is 78.2. The van der Waals surface area contributed by atoms with Gasteiger partial charge in [0, 0.05) is 19.3 Å². The van der Waals surface area contributed by atoms with Crippen LogP contribution in [0.4, 0.5) is 0 Å². The summed E-state index contributed by atoms with van der Waals surface area (Å²) in [6.45, 7) is 2.25. The highest BCUT2D eigenvalue weighted by Gasteiger charge is 2.29. The summed E-state index contributed by atoms with van der Waals surface area (Å²) in [5.74, 6) is -1.66. The van der Waals surface area contributed by atoms with Gasteiger partial charge in [-0.2, -0.15) is 0 Å². The van der Waals surface area contributed by atoms with Crippen molar-refractivity contribution in [3.8, 4) is 0 Å². The molecule has 5 atom stereocenters. The van der Waals surface area contributed by atoms with Gasteiger partial charge in [-0.25, -0.2) is 9.13 Å². The van der Waals surface area contributed by atoms with Crippen LogP contribution in [0.2, 0.25) is 0 Å². The first-order chi connectivity index (χ1) is 51.2. The van der Waals surface area contributed by atoms with Crippen molar-refractivity contribution in [2.45, 2.75) is 309 Å². The lowest BCUT2D eigenvalue weighted by Crippen LogP contribution is -2.30. The monoisotopic (exact) mass is 1500 g/mol. The Morgan fingerprint density at radius 1 is 0.267 bits per heavy atom. The molecule has 105 heavy (non-hydrogen) atoms. The predicted molar refractivity (Wildman–Crippen MR) is 435 cm³/mol. The highest BCUT2D eigenvalue weighted by Crippen LogP contribution is 2.45. The molecule has 0 amide bonds. The minimum atomic E-state index is -4.96. The van der Waals surface area contributed by atoms with E-state index in [2.05, 4.69) is 203 Å². The van der Waals surface area contributed by atoms with Gasteiger partial charge in [-0.3, -0.25) is 32.5 Å². The first kappa shape index (κ1) is 99.7. The second-order valence-electron chi connectivity index (χ2n) is 26.1. The van der Waals surface area contributed by atoms with Crippen LogP contribution in [0.15, 0.2) is 182 Å². The zero-order chi connectivity index (χ0) is 76.6. The number of esters is 3. The molecule has 0 aromatic heterocycles. The quantitative estimate of drug-likeness (QED) is 0.0146. The number of ether oxygens (including phenoxy) is 3. The number of unbranched alkanes of at least 4 members (excludes halogenated alkanes) is 21. The number of allylic oxidation sites excluding steroid dienone is 30. The van der Waals surface area contributed by atoms with Crippen molar-refractivity contribution in [1.29, 1.82) is 0 Å². The number of carbonyl (C=O) groups is 3. The maximum absolute atomic E-state index is 13.0. The zero-order valence-corrected chi connectivity index (χ0v) is 66.9. The number of hydrogen-bond donors (Lipinski definition) is 4. The maximum Gasteiger partial charge on any atom is 0.472 e. The topological polar surface area (TPSA) is 231 Å². The normalized spacial score (nSPS) is 14.9. The van der Waals surface area contributed by atoms with Gasteiger partial charge in [0.2, 0.25) is 0 Å². The molecular weight excluding hydrogens is 1360 g/mol. The van der Waals surface area contributed by atoms with Crippen LogP contribution in [0, 0.1) is 0 Å². The summed E-state index contributed by atoms with van der Waals surface area (Å²) in [4.78, 5) is 58.7. The van der Waals surface area contributed by atoms with E-state index in [0.717, 1.165) is 154 Å². The van der Waals surface area contributed by atoms with Gasteiger partial charge >= 0.3 is 33.6 Å². The number of rotatable bonds is 74. The molecule has 16 nitrogen and oxygen atoms in total. The molecule has 0 rings (SSSR count). The third-order valence-corrected chi connectivity index (χ3v) is 18.0. The third-order valence-electron chi connectivity index (χ3n) is 16.1. The molecule has 596 valence electrons. The van der Waals surface area contributed by atoms with Crippen LogP contribution in [0.5, 0.6) is 0 Å². The van der Waals surface area contributed by atoms with E-state index in [4.69, 9.17) is 32.3 Å². The number of phosphoric ester groups is 2. The van der Waals surface area contributed by atoms with Crippen LogP contribution in [0.3, 0.4) is 0 Å². The Bertz CT molecular complexity index is 2640. The average molecular weight is 1510 g/mol. The van der Waals surface area contributed by atoms with Gasteiger partial charge < -0.3 is 34.2 Å². The molecule has 0 saturated heterocycles. The Hall–Kier alpha value is -5.35. The summed E-state index contributed by atoms with van der Waals surface area (Å²) in [5.41, 5.74) is 0. The molecular formula is C87H142O16P2. The van der Waals surface area contributed by atoms with Crippen molar-refractivity contribution in [2.24, 2.45) is 0 Å². The highest BCUT2D eigenvalue weighted by atomic mass is 31.2. The Morgan fingerprint density at radius 2 is 0.476 bits per heavy atom. The molecule has 0 bridgehead atoms. The molecule has 0 heterocycles. The molecule has 5 unspecified atom stereocenters. The summed E-state index contributed by atoms with van der Waals surface area (Å²) in [7, 11) is -9.83. The molecule has 0 aromatic carbocycles. The Balaban J connectivity index is 4.59. The average Bonchev–Trinajstić information content (AvgIpc) is 0.915. The van der Waals surface area contributed by atoms with E-state index in [1.807, 2.05) is 0 Å². The minimum absolute atomic E-state index is 0.0599. The molecule has 0 radical (unpaired) electrons. The predicted octanol–water partition coefficient (Wildman–Crippen LogP) is 23.8. The lowest BCUT2D eigenvalue weighted by Gasteiger charge is -2.21. The third kappa shape index (κ3) is 79.5. The Morgan fingerprint density at radius 3 is 0.771 bits per heavy atom. The van der Waals surface area contributed by atoms with E-state index in [0.29, 0.717) is 19.3 Å². The van der Waals surface area contributed by atoms with Crippen LogP contribution in [-0.4, -0.2) is 95.9 Å². The molecule has 0 aromatic rings. The Labute approximate surface area is 636 Å². The summed E-state index contributed by atoms with van der Waals surface area (Å²) >= 11 is 0. The molecule has 0 aliphatic rings. The van der Waals surface area contributed by atoms with E-state index in [9.17, 15) is 43.5 Å². The van der Waals surface area contributed by atoms with Crippen LogP contribution >= 0.6 is 15.6 Å². The lowest BCUT2D eigenvalue weighted by atomic mass is 10.0. The molecule has 0 aliphatic heterocycles. The van der Waals surface area contributed by atoms with Crippen molar-refractivity contribution in [2.75, 3.05) is 39.6 Å². The van der Waals surface area contributed by atoms with Gasteiger partial charge in [0.05, 0.1) is 26.4 Å². The standard InChI is InChI=1S/C87H142O16P2/c1-4-7-10-13-16-19-22-25-28-31-33-35-36-37-38-39-40-41-42-43-44-46-48-50-52-55-58-61-64-67-70-73-85(90)97-76-82(88)77-99-104(93,94)100-78-83(89)79-101-105(95,96)102-81-84(103-87(92)75-72-69-66-63-60-57-54-49-30-27-24-21-18-15-12-9-6-3)80-98-86(91)74-71-68-65-62-59-56-53-51-47-45-34-32-29-26-23-20-17-14-11-8-5-2/h7-12,16-21,25-30,33-35,37-38,45,51,53-54,57,59,62,82-84,88-89H,4-6,13-15,22-24,31-32,36,39-44,46-50,52,55-56,58,60-61,63-81H2,1-3H3,(H,93,94)(H,95,96)/b10-7-,11-8-,12-9-,19-16-,20-17-,21-18-,28-25-,29-26-,30-27-,35-33-,38-37-,45-34-,53-51-,57-54-,62-59-. The van der Waals surface area contributed by atoms with Gasteiger partial charge in [0.25, 0.3) is 0 Å². The molecule has 0 saturated carbocycles. The highest BCUT2D eigenvalue weighted by molar-refractivity contribution is 7.47. The zero-order valence-electron chi connectivity index (χ0n) is 65.1. The number of phosphoric acid groups is 2. The number of aliphatic hydroxyl groups is 2. The van der Waals surface area contributed by atoms with Gasteiger partial charge in [0.1, 0.15) is 25.4 Å². The summed E-state index contributed by atoms with van der Waals surface area (Å²) in [6, 6.07) is 0. The van der Waals surface area contributed by atoms with Crippen LogP contribution in [0.1, 0.15) is 290 Å². The fourth-order valence-electron chi connectivity index (χ4n) is 10.1. The molecule has 0 fully saturated rings. The minimum Gasteiger partial charge on any atom is -0.463 e. The molecule has 0 aliphatic carbocycles. The molecule has 18 heteroatoms.